The molecule has 0 bridgehead atoms. The summed E-state index contributed by atoms with van der Waals surface area (Å²) in [6, 6.07) is 12.5. The number of carbonyl (C=O) groups excluding carboxylic acids is 1. The van der Waals surface area contributed by atoms with E-state index < -0.39 is 21.5 Å². The zero-order valence-electron chi connectivity index (χ0n) is 19.2. The Hall–Kier alpha value is -2.20. The third-order valence-corrected chi connectivity index (χ3v) is 8.73. The van der Waals surface area contributed by atoms with Crippen molar-refractivity contribution in [2.24, 2.45) is 5.92 Å². The summed E-state index contributed by atoms with van der Waals surface area (Å²) in [7, 11) is -3.84. The fourth-order valence-corrected chi connectivity index (χ4v) is 6.37. The fraction of sp³-hybridized carbons (Fsp3) is 0.458. The van der Waals surface area contributed by atoms with Gasteiger partial charge >= 0.3 is 0 Å². The van der Waals surface area contributed by atoms with Gasteiger partial charge in [-0.15, -0.1) is 0 Å². The molecule has 10 heteroatoms. The third-order valence-electron chi connectivity index (χ3n) is 6.54. The highest BCUT2D eigenvalue weighted by molar-refractivity contribution is 7.89. The summed E-state index contributed by atoms with van der Waals surface area (Å²) in [5.74, 6) is 0.163. The van der Waals surface area contributed by atoms with Crippen molar-refractivity contribution in [2.75, 3.05) is 26.2 Å². The van der Waals surface area contributed by atoms with E-state index in [-0.39, 0.29) is 40.9 Å². The zero-order chi connectivity index (χ0) is 24.5. The summed E-state index contributed by atoms with van der Waals surface area (Å²) in [6.07, 6.45) is 0.864. The molecule has 7 nitrogen and oxygen atoms in total. The highest BCUT2D eigenvalue weighted by Gasteiger charge is 2.53. The molecule has 2 aliphatic heterocycles. The van der Waals surface area contributed by atoms with E-state index in [2.05, 4.69) is 5.32 Å². The summed E-state index contributed by atoms with van der Waals surface area (Å²) in [6.45, 7) is 5.15. The highest BCUT2D eigenvalue weighted by Crippen LogP contribution is 2.36. The molecular weight excluding hydrogens is 481 g/mol. The number of hydrogen-bond acceptors (Lipinski definition) is 5. The lowest BCUT2D eigenvalue weighted by Crippen LogP contribution is -2.60. The Balaban J connectivity index is 1.49. The van der Waals surface area contributed by atoms with Crippen molar-refractivity contribution >= 4 is 27.5 Å². The largest absolute Gasteiger partial charge is 0.492 e. The second-order valence-corrected chi connectivity index (χ2v) is 11.4. The standard InChI is InChI=1S/C24H29ClFN3O4S/c1-17(2)22-23(30)29(14-15-33-18-6-4-3-5-7-18)24(27-22)10-12-28(13-11-24)34(31,32)19-8-9-21(26)20(25)16-19/h3-9,16-17,22,27H,10-15H2,1-2H3. The molecule has 184 valence electrons. The van der Waals surface area contributed by atoms with Crippen molar-refractivity contribution in [1.82, 2.24) is 14.5 Å². The van der Waals surface area contributed by atoms with Crippen LogP contribution in [0.2, 0.25) is 5.02 Å². The van der Waals surface area contributed by atoms with Crippen LogP contribution in [0.25, 0.3) is 0 Å². The van der Waals surface area contributed by atoms with Crippen LogP contribution < -0.4 is 10.1 Å². The van der Waals surface area contributed by atoms with Gasteiger partial charge in [-0.05, 0) is 49.1 Å². The topological polar surface area (TPSA) is 79.0 Å². The first-order valence-electron chi connectivity index (χ1n) is 11.4. The minimum atomic E-state index is -3.84. The first-order valence-corrected chi connectivity index (χ1v) is 13.2. The van der Waals surface area contributed by atoms with E-state index in [9.17, 15) is 17.6 Å². The number of para-hydroxylation sites is 1. The first-order chi connectivity index (χ1) is 16.1. The van der Waals surface area contributed by atoms with Crippen LogP contribution in [0.3, 0.4) is 0 Å². The minimum absolute atomic E-state index is 0.00767. The van der Waals surface area contributed by atoms with Gasteiger partial charge in [-0.1, -0.05) is 43.6 Å². The van der Waals surface area contributed by atoms with E-state index in [1.807, 2.05) is 49.1 Å². The molecule has 2 aliphatic rings. The van der Waals surface area contributed by atoms with Gasteiger partial charge in [0.2, 0.25) is 15.9 Å². The van der Waals surface area contributed by atoms with Gasteiger partial charge in [0, 0.05) is 13.1 Å². The molecule has 2 aromatic rings. The second kappa shape index (κ2) is 9.81. The number of rotatable bonds is 7. The summed E-state index contributed by atoms with van der Waals surface area (Å²) >= 11 is 5.81. The number of piperidine rings is 1. The average molecular weight is 510 g/mol. The quantitative estimate of drug-likeness (QED) is 0.618. The number of sulfonamides is 1. The lowest BCUT2D eigenvalue weighted by molar-refractivity contribution is -0.134. The van der Waals surface area contributed by atoms with Gasteiger partial charge < -0.3 is 9.64 Å². The van der Waals surface area contributed by atoms with E-state index in [4.69, 9.17) is 16.3 Å². The van der Waals surface area contributed by atoms with Crippen LogP contribution >= 0.6 is 11.6 Å². The predicted molar refractivity (Wildman–Crippen MR) is 128 cm³/mol. The van der Waals surface area contributed by atoms with Gasteiger partial charge in [0.15, 0.2) is 0 Å². The van der Waals surface area contributed by atoms with Crippen molar-refractivity contribution < 1.29 is 22.3 Å². The predicted octanol–water partition coefficient (Wildman–Crippen LogP) is 3.50. The van der Waals surface area contributed by atoms with Gasteiger partial charge in [0.1, 0.15) is 18.2 Å². The Morgan fingerprint density at radius 3 is 2.47 bits per heavy atom. The van der Waals surface area contributed by atoms with Gasteiger partial charge in [-0.2, -0.15) is 4.31 Å². The normalized spacial score (nSPS) is 20.9. The fourth-order valence-electron chi connectivity index (χ4n) is 4.65. The van der Waals surface area contributed by atoms with Crippen molar-refractivity contribution in [2.45, 2.75) is 43.3 Å². The number of amides is 1. The lowest BCUT2D eigenvalue weighted by Gasteiger charge is -2.44. The third kappa shape index (κ3) is 4.79. The van der Waals surface area contributed by atoms with E-state index in [0.717, 1.165) is 17.9 Å². The number of nitrogens with zero attached hydrogens (tertiary/aromatic N) is 2. The highest BCUT2D eigenvalue weighted by atomic mass is 35.5. The molecule has 1 unspecified atom stereocenters. The molecule has 2 saturated heterocycles. The Labute approximate surface area is 204 Å². The lowest BCUT2D eigenvalue weighted by atomic mass is 9.97. The SMILES string of the molecule is CC(C)C1NC2(CCN(S(=O)(=O)c3ccc(F)c(Cl)c3)CC2)N(CCOc2ccccc2)C1=O. The molecule has 34 heavy (non-hydrogen) atoms. The maximum atomic E-state index is 13.5. The number of benzene rings is 2. The van der Waals surface area contributed by atoms with Gasteiger partial charge in [0.05, 0.1) is 28.2 Å². The van der Waals surface area contributed by atoms with Crippen molar-refractivity contribution in [3.63, 3.8) is 0 Å². The molecule has 4 rings (SSSR count). The van der Waals surface area contributed by atoms with Crippen LogP contribution in [0.5, 0.6) is 5.75 Å². The minimum Gasteiger partial charge on any atom is -0.492 e. The second-order valence-electron chi connectivity index (χ2n) is 9.03. The summed E-state index contributed by atoms with van der Waals surface area (Å²) in [5, 5.41) is 3.28. The van der Waals surface area contributed by atoms with Gasteiger partial charge in [0.25, 0.3) is 0 Å². The molecule has 1 atom stereocenters. The number of nitrogens with one attached hydrogen (secondary N) is 1. The maximum absolute atomic E-state index is 13.5. The van der Waals surface area contributed by atoms with Crippen LogP contribution in [0.15, 0.2) is 53.4 Å². The van der Waals surface area contributed by atoms with Crippen molar-refractivity contribution in [3.8, 4) is 5.75 Å². The molecule has 2 heterocycles. The first kappa shape index (κ1) is 24.9. The molecule has 1 N–H and O–H groups in total. The van der Waals surface area contributed by atoms with Crippen LogP contribution in [0.1, 0.15) is 26.7 Å². The number of carbonyl (C=O) groups is 1. The molecule has 1 spiro atoms. The zero-order valence-corrected chi connectivity index (χ0v) is 20.8. The molecule has 2 fully saturated rings. The van der Waals surface area contributed by atoms with Crippen LogP contribution in [0, 0.1) is 11.7 Å². The number of ether oxygens (including phenoxy) is 1. The van der Waals surface area contributed by atoms with Gasteiger partial charge in [-0.3, -0.25) is 10.1 Å². The summed E-state index contributed by atoms with van der Waals surface area (Å²) in [5.41, 5.74) is -0.640. The summed E-state index contributed by atoms with van der Waals surface area (Å²) in [4.78, 5) is 15.0. The molecule has 0 radical (unpaired) electrons. The molecular formula is C24H29ClFN3O4S. The van der Waals surface area contributed by atoms with Crippen molar-refractivity contribution in [3.05, 3.63) is 59.4 Å². The van der Waals surface area contributed by atoms with Gasteiger partial charge in [-0.25, -0.2) is 12.8 Å². The molecule has 0 saturated carbocycles. The Morgan fingerprint density at radius 1 is 1.18 bits per heavy atom. The molecule has 0 aliphatic carbocycles. The van der Waals surface area contributed by atoms with Crippen LogP contribution in [-0.4, -0.2) is 61.5 Å². The summed E-state index contributed by atoms with van der Waals surface area (Å²) < 4.78 is 47.0. The molecule has 0 aromatic heterocycles. The Kier molecular flexibility index (Phi) is 7.19. The number of halogens is 2. The van der Waals surface area contributed by atoms with Crippen molar-refractivity contribution in [1.29, 1.82) is 0 Å². The molecule has 2 aromatic carbocycles. The van der Waals surface area contributed by atoms with E-state index in [0.29, 0.717) is 26.0 Å². The number of hydrogen-bond donors (Lipinski definition) is 1. The monoisotopic (exact) mass is 509 g/mol. The maximum Gasteiger partial charge on any atom is 0.243 e. The van der Waals surface area contributed by atoms with E-state index >= 15 is 0 Å². The van der Waals surface area contributed by atoms with E-state index in [1.54, 1.807) is 0 Å². The Morgan fingerprint density at radius 2 is 1.85 bits per heavy atom. The molecule has 1 amide bonds. The Bertz CT molecular complexity index is 1140. The smallest absolute Gasteiger partial charge is 0.243 e. The average Bonchev–Trinajstić information content (AvgIpc) is 3.08. The van der Waals surface area contributed by atoms with E-state index in [1.165, 1.54) is 10.4 Å². The van der Waals surface area contributed by atoms with Crippen LogP contribution in [0.4, 0.5) is 4.39 Å². The van der Waals surface area contributed by atoms with Crippen LogP contribution in [-0.2, 0) is 14.8 Å².